The zero-order chi connectivity index (χ0) is 22.8. The fourth-order valence-corrected chi connectivity index (χ4v) is 3.39. The van der Waals surface area contributed by atoms with E-state index in [1.54, 1.807) is 29.0 Å². The van der Waals surface area contributed by atoms with Crippen LogP contribution in [0.4, 0.5) is 17.2 Å². The summed E-state index contributed by atoms with van der Waals surface area (Å²) >= 11 is 0. The molecule has 0 fully saturated rings. The van der Waals surface area contributed by atoms with Crippen molar-refractivity contribution in [1.82, 2.24) is 24.6 Å². The van der Waals surface area contributed by atoms with Crippen LogP contribution in [0, 0.1) is 13.8 Å². The van der Waals surface area contributed by atoms with Crippen LogP contribution in [0.15, 0.2) is 79.1 Å². The van der Waals surface area contributed by atoms with E-state index in [1.165, 1.54) is 0 Å². The van der Waals surface area contributed by atoms with E-state index in [0.717, 1.165) is 34.0 Å². The number of hydrogen-bond donors (Lipinski definition) is 2. The van der Waals surface area contributed by atoms with E-state index < -0.39 is 0 Å². The molecule has 2 N–H and O–H groups in total. The molecule has 0 bridgehead atoms. The molecule has 3 heterocycles. The summed E-state index contributed by atoms with van der Waals surface area (Å²) in [5.74, 6) is 1.60. The van der Waals surface area contributed by atoms with Gasteiger partial charge >= 0.3 is 0 Å². The second kappa shape index (κ2) is 8.51. The van der Waals surface area contributed by atoms with Gasteiger partial charge in [0.05, 0.1) is 0 Å². The van der Waals surface area contributed by atoms with Gasteiger partial charge in [0.2, 0.25) is 0 Å². The Balaban J connectivity index is 1.37. The molecule has 5 aromatic rings. The molecular weight excluding hydrogens is 414 g/mol. The Morgan fingerprint density at radius 2 is 1.67 bits per heavy atom. The van der Waals surface area contributed by atoms with E-state index in [-0.39, 0.29) is 5.91 Å². The molecule has 0 aliphatic carbocycles. The van der Waals surface area contributed by atoms with Crippen molar-refractivity contribution in [2.24, 2.45) is 0 Å². The van der Waals surface area contributed by atoms with Gasteiger partial charge in [0.1, 0.15) is 5.82 Å². The van der Waals surface area contributed by atoms with Gasteiger partial charge in [-0.05, 0) is 62.4 Å². The number of carbonyl (C=O) groups is 1. The number of aromatic nitrogens is 5. The van der Waals surface area contributed by atoms with Gasteiger partial charge in [-0.15, -0.1) is 5.10 Å². The SMILES string of the molecule is Cc1ccc(NC(=O)c2ccc(Nc3cc(C)nc4nc(-c5cccnc5)nn34)cc2)cc1. The number of pyridine rings is 1. The maximum Gasteiger partial charge on any atom is 0.255 e. The first-order valence-corrected chi connectivity index (χ1v) is 10.4. The fourth-order valence-electron chi connectivity index (χ4n) is 3.39. The number of benzene rings is 2. The van der Waals surface area contributed by atoms with Crippen molar-refractivity contribution in [2.45, 2.75) is 13.8 Å². The second-order valence-corrected chi connectivity index (χ2v) is 7.69. The van der Waals surface area contributed by atoms with Crippen LogP contribution < -0.4 is 10.6 Å². The lowest BCUT2D eigenvalue weighted by Gasteiger charge is -2.10. The zero-order valence-electron chi connectivity index (χ0n) is 18.1. The number of rotatable bonds is 5. The Bertz CT molecular complexity index is 1430. The van der Waals surface area contributed by atoms with E-state index in [1.807, 2.05) is 68.4 Å². The lowest BCUT2D eigenvalue weighted by Crippen LogP contribution is -2.11. The molecule has 162 valence electrons. The van der Waals surface area contributed by atoms with Crippen molar-refractivity contribution >= 4 is 28.9 Å². The van der Waals surface area contributed by atoms with Gasteiger partial charge in [0, 0.05) is 46.7 Å². The Morgan fingerprint density at radius 1 is 0.909 bits per heavy atom. The van der Waals surface area contributed by atoms with Crippen molar-refractivity contribution < 1.29 is 4.79 Å². The maximum absolute atomic E-state index is 12.6. The highest BCUT2D eigenvalue weighted by Crippen LogP contribution is 2.21. The lowest BCUT2D eigenvalue weighted by atomic mass is 10.1. The molecule has 8 nitrogen and oxygen atoms in total. The minimum absolute atomic E-state index is 0.162. The average Bonchev–Trinajstić information content (AvgIpc) is 3.26. The molecule has 2 aromatic carbocycles. The van der Waals surface area contributed by atoms with Gasteiger partial charge in [-0.2, -0.15) is 9.50 Å². The minimum Gasteiger partial charge on any atom is -0.340 e. The molecule has 33 heavy (non-hydrogen) atoms. The molecule has 5 rings (SSSR count). The average molecular weight is 435 g/mol. The topological polar surface area (TPSA) is 97.1 Å². The predicted octanol–water partition coefficient (Wildman–Crippen LogP) is 4.80. The quantitative estimate of drug-likeness (QED) is 0.412. The molecule has 0 radical (unpaired) electrons. The molecule has 1 amide bonds. The van der Waals surface area contributed by atoms with E-state index in [2.05, 4.69) is 30.7 Å². The second-order valence-electron chi connectivity index (χ2n) is 7.69. The van der Waals surface area contributed by atoms with Gasteiger partial charge in [0.15, 0.2) is 5.82 Å². The van der Waals surface area contributed by atoms with Crippen molar-refractivity contribution in [3.05, 3.63) is 95.9 Å². The molecule has 0 atom stereocenters. The lowest BCUT2D eigenvalue weighted by molar-refractivity contribution is 0.102. The maximum atomic E-state index is 12.6. The Morgan fingerprint density at radius 3 is 2.39 bits per heavy atom. The molecule has 0 spiro atoms. The normalized spacial score (nSPS) is 10.8. The number of hydrogen-bond acceptors (Lipinski definition) is 6. The van der Waals surface area contributed by atoms with Crippen LogP contribution >= 0.6 is 0 Å². The Kier molecular flexibility index (Phi) is 5.24. The summed E-state index contributed by atoms with van der Waals surface area (Å²) in [5.41, 5.74) is 4.91. The van der Waals surface area contributed by atoms with Crippen molar-refractivity contribution in [1.29, 1.82) is 0 Å². The number of nitrogens with one attached hydrogen (secondary N) is 2. The number of anilines is 3. The van der Waals surface area contributed by atoms with Crippen LogP contribution in [0.5, 0.6) is 0 Å². The first kappa shape index (κ1) is 20.3. The highest BCUT2D eigenvalue weighted by Gasteiger charge is 2.12. The van der Waals surface area contributed by atoms with Crippen molar-refractivity contribution in [3.63, 3.8) is 0 Å². The summed E-state index contributed by atoms with van der Waals surface area (Å²) in [6, 6.07) is 20.6. The molecule has 0 aliphatic rings. The minimum atomic E-state index is -0.162. The molecule has 0 unspecified atom stereocenters. The summed E-state index contributed by atoms with van der Waals surface area (Å²) in [6.07, 6.45) is 3.43. The molecule has 0 aliphatic heterocycles. The summed E-state index contributed by atoms with van der Waals surface area (Å²) in [5, 5.41) is 10.9. The number of carbonyl (C=O) groups excluding carboxylic acids is 1. The van der Waals surface area contributed by atoms with Crippen LogP contribution in [-0.4, -0.2) is 30.5 Å². The van der Waals surface area contributed by atoms with Gasteiger partial charge < -0.3 is 10.6 Å². The first-order chi connectivity index (χ1) is 16.0. The fraction of sp³-hybridized carbons (Fsp3) is 0.0800. The Labute approximate surface area is 190 Å². The molecule has 0 saturated carbocycles. The smallest absolute Gasteiger partial charge is 0.255 e. The van der Waals surface area contributed by atoms with Crippen LogP contribution in [-0.2, 0) is 0 Å². The number of amides is 1. The van der Waals surface area contributed by atoms with Crippen LogP contribution in [0.25, 0.3) is 17.2 Å². The first-order valence-electron chi connectivity index (χ1n) is 10.4. The highest BCUT2D eigenvalue weighted by molar-refractivity contribution is 6.04. The van der Waals surface area contributed by atoms with Gasteiger partial charge in [-0.1, -0.05) is 17.7 Å². The third kappa shape index (κ3) is 4.40. The van der Waals surface area contributed by atoms with Crippen LogP contribution in [0.3, 0.4) is 0 Å². The molecule has 0 saturated heterocycles. The van der Waals surface area contributed by atoms with Gasteiger partial charge in [-0.25, -0.2) is 4.98 Å². The third-order valence-electron chi connectivity index (χ3n) is 5.09. The van der Waals surface area contributed by atoms with E-state index >= 15 is 0 Å². The number of aryl methyl sites for hydroxylation is 2. The summed E-state index contributed by atoms with van der Waals surface area (Å²) in [4.78, 5) is 25.7. The summed E-state index contributed by atoms with van der Waals surface area (Å²) in [7, 11) is 0. The largest absolute Gasteiger partial charge is 0.340 e. The third-order valence-corrected chi connectivity index (χ3v) is 5.09. The Hall–Kier alpha value is -4.59. The van der Waals surface area contributed by atoms with Gasteiger partial charge in [0.25, 0.3) is 11.7 Å². The number of nitrogens with zero attached hydrogens (tertiary/aromatic N) is 5. The van der Waals surface area contributed by atoms with Crippen LogP contribution in [0.1, 0.15) is 21.6 Å². The van der Waals surface area contributed by atoms with Crippen molar-refractivity contribution in [2.75, 3.05) is 10.6 Å². The van der Waals surface area contributed by atoms with E-state index in [0.29, 0.717) is 17.2 Å². The van der Waals surface area contributed by atoms with Crippen LogP contribution in [0.2, 0.25) is 0 Å². The monoisotopic (exact) mass is 435 g/mol. The zero-order valence-corrected chi connectivity index (χ0v) is 18.1. The molecular formula is C25H21N7O. The predicted molar refractivity (Wildman–Crippen MR) is 128 cm³/mol. The van der Waals surface area contributed by atoms with E-state index in [4.69, 9.17) is 0 Å². The summed E-state index contributed by atoms with van der Waals surface area (Å²) < 4.78 is 1.66. The summed E-state index contributed by atoms with van der Waals surface area (Å²) in [6.45, 7) is 3.91. The number of fused-ring (bicyclic) bond motifs is 1. The molecule has 8 heteroatoms. The molecule has 3 aromatic heterocycles. The highest BCUT2D eigenvalue weighted by atomic mass is 16.1. The standard InChI is InChI=1S/C25H21N7O/c1-16-5-9-21(10-6-16)29-24(33)18-7-11-20(12-8-18)28-22-14-17(2)27-25-30-23(31-32(22)25)19-4-3-13-26-15-19/h3-15,28H,1-2H3,(H,29,33). The van der Waals surface area contributed by atoms with Gasteiger partial charge in [-0.3, -0.25) is 9.78 Å². The van der Waals surface area contributed by atoms with E-state index in [9.17, 15) is 4.79 Å². The van der Waals surface area contributed by atoms with Crippen molar-refractivity contribution in [3.8, 4) is 11.4 Å².